The fourth-order valence-electron chi connectivity index (χ4n) is 3.55. The Bertz CT molecular complexity index is 374. The first kappa shape index (κ1) is 25.6. The van der Waals surface area contributed by atoms with Gasteiger partial charge in [-0.1, -0.05) is 89.7 Å². The summed E-state index contributed by atoms with van der Waals surface area (Å²) in [7, 11) is 0. The van der Waals surface area contributed by atoms with Crippen molar-refractivity contribution in [3.63, 3.8) is 0 Å². The third-order valence-electron chi connectivity index (χ3n) is 5.49. The molecule has 1 aliphatic heterocycles. The Morgan fingerprint density at radius 3 is 1.96 bits per heavy atom. The van der Waals surface area contributed by atoms with Gasteiger partial charge in [-0.3, -0.25) is 0 Å². The maximum Gasteiger partial charge on any atom is 0.111 e. The molecule has 1 aliphatic rings. The van der Waals surface area contributed by atoms with Crippen LogP contribution in [-0.2, 0) is 9.47 Å². The van der Waals surface area contributed by atoms with Crippen molar-refractivity contribution in [1.29, 1.82) is 0 Å². The number of hydrogen-bond donors (Lipinski definition) is 3. The third kappa shape index (κ3) is 12.2. The van der Waals surface area contributed by atoms with Gasteiger partial charge in [0, 0.05) is 0 Å². The van der Waals surface area contributed by atoms with Gasteiger partial charge >= 0.3 is 0 Å². The van der Waals surface area contributed by atoms with E-state index in [1.54, 1.807) is 0 Å². The molecule has 28 heavy (non-hydrogen) atoms. The molecule has 166 valence electrons. The quantitative estimate of drug-likeness (QED) is 0.253. The summed E-state index contributed by atoms with van der Waals surface area (Å²) in [5.41, 5.74) is 0. The molecule has 1 saturated heterocycles. The molecule has 0 radical (unpaired) electrons. The second kappa shape index (κ2) is 17.4. The van der Waals surface area contributed by atoms with Gasteiger partial charge in [0.25, 0.3) is 0 Å². The van der Waals surface area contributed by atoms with E-state index in [0.29, 0.717) is 6.61 Å². The number of hydrogen-bond acceptors (Lipinski definition) is 5. The molecule has 0 unspecified atom stereocenters. The molecule has 0 bridgehead atoms. The fourth-order valence-corrected chi connectivity index (χ4v) is 3.55. The Kier molecular flexibility index (Phi) is 15.9. The number of aliphatic hydroxyl groups excluding tert-OH is 3. The molecular formula is C23H44O5. The lowest BCUT2D eigenvalue weighted by Crippen LogP contribution is -2.54. The molecule has 5 nitrogen and oxygen atoms in total. The second-order valence-electron chi connectivity index (χ2n) is 8.11. The summed E-state index contributed by atoms with van der Waals surface area (Å²) in [6.45, 7) is 2.99. The second-order valence-corrected chi connectivity index (χ2v) is 8.11. The van der Waals surface area contributed by atoms with Crippen LogP contribution in [0.4, 0.5) is 0 Å². The van der Waals surface area contributed by atoms with Crippen molar-refractivity contribution in [1.82, 2.24) is 0 Å². The van der Waals surface area contributed by atoms with Crippen LogP contribution in [0.5, 0.6) is 0 Å². The molecule has 0 aliphatic carbocycles. The van der Waals surface area contributed by atoms with E-state index in [-0.39, 0.29) is 13.2 Å². The SMILES string of the molecule is CCCCCCCCCCCCCC/C=C/COC[C@@H]1OC[C@@H](O)[C@H](O)[C@H]1O. The molecule has 0 saturated carbocycles. The Hall–Kier alpha value is -0.460. The summed E-state index contributed by atoms with van der Waals surface area (Å²) in [5, 5.41) is 28.8. The van der Waals surface area contributed by atoms with E-state index in [0.717, 1.165) is 6.42 Å². The zero-order valence-corrected chi connectivity index (χ0v) is 17.9. The molecule has 0 spiro atoms. The van der Waals surface area contributed by atoms with Gasteiger partial charge in [0.1, 0.15) is 24.4 Å². The highest BCUT2D eigenvalue weighted by Crippen LogP contribution is 2.16. The Morgan fingerprint density at radius 2 is 1.36 bits per heavy atom. The van der Waals surface area contributed by atoms with Crippen LogP contribution < -0.4 is 0 Å². The highest BCUT2D eigenvalue weighted by molar-refractivity contribution is 4.87. The minimum atomic E-state index is -1.16. The smallest absolute Gasteiger partial charge is 0.111 e. The van der Waals surface area contributed by atoms with E-state index < -0.39 is 24.4 Å². The molecule has 1 heterocycles. The standard InChI is InChI=1S/C23H44O5/c1-2-3-4-5-6-7-8-9-10-11-12-13-14-15-16-17-27-19-21-23(26)22(25)20(24)18-28-21/h15-16,20-26H,2-14,17-19H2,1H3/b16-15+/t20-,21+,22+,23+/m1/s1. The van der Waals surface area contributed by atoms with E-state index in [1.807, 2.05) is 6.08 Å². The third-order valence-corrected chi connectivity index (χ3v) is 5.49. The lowest BCUT2D eigenvalue weighted by molar-refractivity contribution is -0.198. The first-order valence-corrected chi connectivity index (χ1v) is 11.5. The van der Waals surface area contributed by atoms with Crippen LogP contribution in [0.25, 0.3) is 0 Å². The van der Waals surface area contributed by atoms with E-state index >= 15 is 0 Å². The lowest BCUT2D eigenvalue weighted by Gasteiger charge is -2.34. The summed E-state index contributed by atoms with van der Waals surface area (Å²) in [6, 6.07) is 0. The van der Waals surface area contributed by atoms with Gasteiger partial charge < -0.3 is 24.8 Å². The summed E-state index contributed by atoms with van der Waals surface area (Å²) < 4.78 is 10.8. The molecule has 0 amide bonds. The molecular weight excluding hydrogens is 356 g/mol. The van der Waals surface area contributed by atoms with Gasteiger partial charge in [-0.2, -0.15) is 0 Å². The van der Waals surface area contributed by atoms with Gasteiger partial charge in [-0.15, -0.1) is 0 Å². The van der Waals surface area contributed by atoms with Crippen molar-refractivity contribution in [3.05, 3.63) is 12.2 Å². The van der Waals surface area contributed by atoms with Crippen LogP contribution in [0.15, 0.2) is 12.2 Å². The maximum atomic E-state index is 9.81. The van der Waals surface area contributed by atoms with Crippen molar-refractivity contribution in [2.75, 3.05) is 19.8 Å². The first-order chi connectivity index (χ1) is 13.7. The van der Waals surface area contributed by atoms with Crippen molar-refractivity contribution >= 4 is 0 Å². The van der Waals surface area contributed by atoms with Crippen LogP contribution in [0, 0.1) is 0 Å². The van der Waals surface area contributed by atoms with Crippen molar-refractivity contribution in [2.45, 2.75) is 115 Å². The molecule has 5 heteroatoms. The largest absolute Gasteiger partial charge is 0.388 e. The van der Waals surface area contributed by atoms with E-state index in [1.165, 1.54) is 77.0 Å². The molecule has 3 N–H and O–H groups in total. The highest BCUT2D eigenvalue weighted by Gasteiger charge is 2.37. The molecule has 0 aromatic carbocycles. The molecule has 0 aromatic rings. The van der Waals surface area contributed by atoms with Gasteiger partial charge in [0.05, 0.1) is 19.8 Å². The average molecular weight is 401 g/mol. The lowest BCUT2D eigenvalue weighted by atomic mass is 10.0. The predicted molar refractivity (Wildman–Crippen MR) is 113 cm³/mol. The van der Waals surface area contributed by atoms with Crippen LogP contribution in [0.1, 0.15) is 90.4 Å². The molecule has 1 fully saturated rings. The average Bonchev–Trinajstić information content (AvgIpc) is 2.70. The van der Waals surface area contributed by atoms with E-state index in [9.17, 15) is 15.3 Å². The van der Waals surface area contributed by atoms with Gasteiger partial charge in [0.2, 0.25) is 0 Å². The molecule has 4 atom stereocenters. The Labute approximate surface area is 172 Å². The van der Waals surface area contributed by atoms with Gasteiger partial charge in [0.15, 0.2) is 0 Å². The maximum absolute atomic E-state index is 9.81. The summed E-state index contributed by atoms with van der Waals surface area (Å²) >= 11 is 0. The van der Waals surface area contributed by atoms with Crippen molar-refractivity contribution in [2.24, 2.45) is 0 Å². The zero-order chi connectivity index (χ0) is 20.5. The minimum Gasteiger partial charge on any atom is -0.388 e. The number of ether oxygens (including phenoxy) is 2. The number of aliphatic hydroxyl groups is 3. The highest BCUT2D eigenvalue weighted by atomic mass is 16.6. The monoisotopic (exact) mass is 400 g/mol. The van der Waals surface area contributed by atoms with Gasteiger partial charge in [-0.05, 0) is 12.8 Å². The van der Waals surface area contributed by atoms with Crippen molar-refractivity contribution in [3.8, 4) is 0 Å². The topological polar surface area (TPSA) is 79.2 Å². The van der Waals surface area contributed by atoms with E-state index in [2.05, 4.69) is 13.0 Å². The predicted octanol–water partition coefficient (Wildman–Crippen LogP) is 4.13. The molecule has 0 aromatic heterocycles. The number of allylic oxidation sites excluding steroid dienone is 1. The summed E-state index contributed by atoms with van der Waals surface area (Å²) in [6.07, 6.45) is 17.8. The zero-order valence-electron chi connectivity index (χ0n) is 17.9. The first-order valence-electron chi connectivity index (χ1n) is 11.5. The summed E-state index contributed by atoms with van der Waals surface area (Å²) in [5.74, 6) is 0. The normalized spacial score (nSPS) is 25.6. The van der Waals surface area contributed by atoms with Gasteiger partial charge in [-0.25, -0.2) is 0 Å². The Morgan fingerprint density at radius 1 is 0.786 bits per heavy atom. The van der Waals surface area contributed by atoms with Crippen LogP contribution in [0.2, 0.25) is 0 Å². The van der Waals surface area contributed by atoms with Crippen LogP contribution in [0.3, 0.4) is 0 Å². The number of rotatable bonds is 17. The molecule has 1 rings (SSSR count). The van der Waals surface area contributed by atoms with E-state index in [4.69, 9.17) is 9.47 Å². The number of unbranched alkanes of at least 4 members (excludes halogenated alkanes) is 12. The van der Waals surface area contributed by atoms with Crippen molar-refractivity contribution < 1.29 is 24.8 Å². The van der Waals surface area contributed by atoms with Crippen LogP contribution in [-0.4, -0.2) is 59.6 Å². The van der Waals surface area contributed by atoms with Crippen LogP contribution >= 0.6 is 0 Å². The minimum absolute atomic E-state index is 0.0288. The fraction of sp³-hybridized carbons (Fsp3) is 0.913. The summed E-state index contributed by atoms with van der Waals surface area (Å²) in [4.78, 5) is 0. The Balaban J connectivity index is 1.82.